The Morgan fingerprint density at radius 1 is 1.04 bits per heavy atom. The highest BCUT2D eigenvalue weighted by Gasteiger charge is 2.42. The first-order valence-corrected chi connectivity index (χ1v) is 17.5. The van der Waals surface area contributed by atoms with E-state index in [1.54, 1.807) is 16.9 Å². The van der Waals surface area contributed by atoms with Crippen molar-refractivity contribution in [2.45, 2.75) is 51.4 Å². The molecule has 1 amide bonds. The fourth-order valence-electron chi connectivity index (χ4n) is 7.84. The first-order chi connectivity index (χ1) is 25.3. The summed E-state index contributed by atoms with van der Waals surface area (Å²) in [5.74, 6) is 1.38. The molecule has 2 fully saturated rings. The second-order valence-electron chi connectivity index (χ2n) is 13.4. The van der Waals surface area contributed by atoms with E-state index in [1.165, 1.54) is 30.6 Å². The molecule has 13 nitrogen and oxygen atoms in total. The summed E-state index contributed by atoms with van der Waals surface area (Å²) in [5, 5.41) is 8.84. The van der Waals surface area contributed by atoms with Gasteiger partial charge < -0.3 is 29.2 Å². The number of rotatable bonds is 4. The Morgan fingerprint density at radius 3 is 2.83 bits per heavy atom. The highest BCUT2D eigenvalue weighted by atomic mass is 19.1. The summed E-state index contributed by atoms with van der Waals surface area (Å²) in [4.78, 5) is 37.6. The summed E-state index contributed by atoms with van der Waals surface area (Å²) < 4.78 is 45.0. The summed E-state index contributed by atoms with van der Waals surface area (Å²) in [6.07, 6.45) is 3.97. The van der Waals surface area contributed by atoms with Gasteiger partial charge in [0.2, 0.25) is 5.91 Å². The average molecular weight is 707 g/mol. The third-order valence-corrected chi connectivity index (χ3v) is 10.1. The van der Waals surface area contributed by atoms with Gasteiger partial charge in [-0.25, -0.2) is 33.4 Å². The summed E-state index contributed by atoms with van der Waals surface area (Å²) in [5.41, 5.74) is 3.59. The number of ether oxygens (including phenoxy) is 2. The third kappa shape index (κ3) is 5.55. The number of carbonyl (C=O) groups excluding carboxylic acids is 1. The van der Waals surface area contributed by atoms with Gasteiger partial charge in [0.25, 0.3) is 0 Å². The lowest BCUT2D eigenvalue weighted by atomic mass is 10.1. The Bertz CT molecular complexity index is 2340. The van der Waals surface area contributed by atoms with Crippen LogP contribution >= 0.6 is 0 Å². The lowest BCUT2D eigenvalue weighted by molar-refractivity contribution is -0.133. The van der Waals surface area contributed by atoms with E-state index in [9.17, 15) is 9.18 Å². The largest absolute Gasteiger partial charge is 0.492 e. The van der Waals surface area contributed by atoms with Gasteiger partial charge in [0, 0.05) is 50.0 Å². The van der Waals surface area contributed by atoms with E-state index in [2.05, 4.69) is 20.0 Å². The molecular formula is C37H36F2N10O3. The SMILES string of the molecule is CCOc1cc(F)ccc1-n1ncc2c(N3C[C@@H]4C[C@H]3C(=O)N3CCCO[C@@H](C3)Cn3c(C)nc5cc(F)cc(c53)-c3cccc(n3)N4)ncnc21. The predicted molar refractivity (Wildman–Crippen MR) is 190 cm³/mol. The van der Waals surface area contributed by atoms with Gasteiger partial charge in [-0.15, -0.1) is 0 Å². The second-order valence-corrected chi connectivity index (χ2v) is 13.4. The van der Waals surface area contributed by atoms with Crippen LogP contribution in [0, 0.1) is 18.6 Å². The number of aryl methyl sites for hydroxylation is 1. The lowest BCUT2D eigenvalue weighted by Crippen LogP contribution is -2.48. The minimum atomic E-state index is -0.566. The van der Waals surface area contributed by atoms with Gasteiger partial charge in [0.05, 0.1) is 47.6 Å². The molecule has 0 unspecified atom stereocenters. The van der Waals surface area contributed by atoms with Gasteiger partial charge >= 0.3 is 0 Å². The van der Waals surface area contributed by atoms with E-state index in [0.717, 1.165) is 11.3 Å². The van der Waals surface area contributed by atoms with Crippen LogP contribution in [0.5, 0.6) is 5.75 Å². The molecule has 0 aliphatic carbocycles. The van der Waals surface area contributed by atoms with Crippen LogP contribution in [0.1, 0.15) is 25.6 Å². The second kappa shape index (κ2) is 12.8. The molecule has 9 rings (SSSR count). The summed E-state index contributed by atoms with van der Waals surface area (Å²) in [6, 6.07) is 12.1. The van der Waals surface area contributed by atoms with Gasteiger partial charge in [0.1, 0.15) is 52.9 Å². The molecular weight excluding hydrogens is 670 g/mol. The minimum absolute atomic E-state index is 0.0253. The van der Waals surface area contributed by atoms with Crippen LogP contribution in [0.4, 0.5) is 20.4 Å². The number of nitrogens with zero attached hydrogens (tertiary/aromatic N) is 9. The van der Waals surface area contributed by atoms with Crippen molar-refractivity contribution >= 4 is 39.6 Å². The van der Waals surface area contributed by atoms with E-state index >= 15 is 4.39 Å². The fraction of sp³-hybridized carbons (Fsp3) is 0.351. The zero-order valence-corrected chi connectivity index (χ0v) is 28.7. The molecule has 0 radical (unpaired) electrons. The number of pyridine rings is 1. The minimum Gasteiger partial charge on any atom is -0.492 e. The monoisotopic (exact) mass is 706 g/mol. The quantitative estimate of drug-likeness (QED) is 0.270. The summed E-state index contributed by atoms with van der Waals surface area (Å²) in [7, 11) is 0. The van der Waals surface area contributed by atoms with Crippen molar-refractivity contribution in [2.75, 3.05) is 43.1 Å². The molecule has 0 spiro atoms. The Kier molecular flexibility index (Phi) is 7.94. The smallest absolute Gasteiger partial charge is 0.245 e. The average Bonchev–Trinajstić information content (AvgIpc) is 3.78. The standard InChI is InChI=1S/C37H36F2N10O3/c1-3-51-32-14-22(38)8-9-30(32)49-36-27(16-42-49)35(40-20-41-36)48-17-24-15-31(48)37(50)46-10-5-11-52-25(18-46)19-47-21(2)43-29-13-23(39)12-26(34(29)47)28-6-4-7-33(44-24)45-28/h4,6-9,12-14,16,20,24-25,31H,3,5,10-11,15,17-19H2,1-2H3,(H,44,45)/t24-,25-,31-/m0/s1. The van der Waals surface area contributed by atoms with Crippen molar-refractivity contribution in [1.29, 1.82) is 0 Å². The normalized spacial score (nSPS) is 20.5. The molecule has 4 aromatic heterocycles. The molecule has 266 valence electrons. The van der Waals surface area contributed by atoms with Crippen LogP contribution in [-0.4, -0.2) is 96.1 Å². The fourth-order valence-corrected chi connectivity index (χ4v) is 7.84. The number of amides is 1. The van der Waals surface area contributed by atoms with E-state index in [1.807, 2.05) is 41.8 Å². The van der Waals surface area contributed by atoms with E-state index < -0.39 is 17.7 Å². The van der Waals surface area contributed by atoms with Crippen LogP contribution < -0.4 is 15.0 Å². The molecule has 6 bridgehead atoms. The van der Waals surface area contributed by atoms with E-state index in [-0.39, 0.29) is 18.1 Å². The molecule has 3 aliphatic heterocycles. The zero-order valence-electron chi connectivity index (χ0n) is 28.7. The highest BCUT2D eigenvalue weighted by Crippen LogP contribution is 2.36. The van der Waals surface area contributed by atoms with Gasteiger partial charge in [-0.05, 0) is 57.0 Å². The molecule has 7 heterocycles. The molecule has 1 N–H and O–H groups in total. The van der Waals surface area contributed by atoms with Crippen molar-refractivity contribution in [1.82, 2.24) is 39.2 Å². The van der Waals surface area contributed by atoms with Gasteiger partial charge in [0.15, 0.2) is 5.65 Å². The van der Waals surface area contributed by atoms with Crippen LogP contribution in [0.15, 0.2) is 61.1 Å². The third-order valence-electron chi connectivity index (χ3n) is 10.1. The molecule has 2 aromatic carbocycles. The van der Waals surface area contributed by atoms with Crippen molar-refractivity contribution < 1.29 is 23.0 Å². The number of hydrogen-bond donors (Lipinski definition) is 1. The maximum atomic E-state index is 15.0. The number of nitrogens with one attached hydrogen (secondary N) is 1. The number of imidazole rings is 1. The Labute approximate surface area is 297 Å². The number of halogens is 2. The number of aromatic nitrogens is 7. The predicted octanol–water partition coefficient (Wildman–Crippen LogP) is 4.90. The Hall–Kier alpha value is -5.70. The van der Waals surface area contributed by atoms with E-state index in [0.29, 0.717) is 103 Å². The first kappa shape index (κ1) is 32.2. The number of anilines is 2. The number of carbonyl (C=O) groups is 1. The summed E-state index contributed by atoms with van der Waals surface area (Å²) in [6.45, 7) is 6.36. The Balaban J connectivity index is 1.15. The zero-order chi connectivity index (χ0) is 35.5. The highest BCUT2D eigenvalue weighted by molar-refractivity contribution is 5.94. The molecule has 2 saturated heterocycles. The molecule has 15 heteroatoms. The molecule has 3 atom stereocenters. The van der Waals surface area contributed by atoms with Crippen molar-refractivity contribution in [3.05, 3.63) is 78.5 Å². The van der Waals surface area contributed by atoms with Crippen molar-refractivity contribution in [3.63, 3.8) is 0 Å². The maximum Gasteiger partial charge on any atom is 0.245 e. The number of fused-ring (bicyclic) bond motifs is 8. The molecule has 0 saturated carbocycles. The maximum absolute atomic E-state index is 15.0. The van der Waals surface area contributed by atoms with Crippen LogP contribution in [0.3, 0.4) is 0 Å². The van der Waals surface area contributed by atoms with Gasteiger partial charge in [-0.3, -0.25) is 4.79 Å². The number of benzene rings is 2. The van der Waals surface area contributed by atoms with E-state index in [4.69, 9.17) is 24.4 Å². The van der Waals surface area contributed by atoms with Crippen molar-refractivity contribution in [2.24, 2.45) is 0 Å². The summed E-state index contributed by atoms with van der Waals surface area (Å²) >= 11 is 0. The lowest BCUT2D eigenvalue weighted by Gasteiger charge is -2.31. The Morgan fingerprint density at radius 2 is 1.94 bits per heavy atom. The van der Waals surface area contributed by atoms with Crippen LogP contribution in [0.2, 0.25) is 0 Å². The molecule has 52 heavy (non-hydrogen) atoms. The first-order valence-electron chi connectivity index (χ1n) is 17.5. The molecule has 3 aliphatic rings. The van der Waals surface area contributed by atoms with Crippen LogP contribution in [-0.2, 0) is 16.1 Å². The van der Waals surface area contributed by atoms with Gasteiger partial charge in [-0.1, -0.05) is 6.07 Å². The topological polar surface area (TPSA) is 128 Å². The molecule has 6 aromatic rings. The van der Waals surface area contributed by atoms with Crippen LogP contribution in [0.25, 0.3) is 39.0 Å². The van der Waals surface area contributed by atoms with Gasteiger partial charge in [-0.2, -0.15) is 5.10 Å². The van der Waals surface area contributed by atoms with Crippen molar-refractivity contribution in [3.8, 4) is 22.7 Å². The number of hydrogen-bond acceptors (Lipinski definition) is 10.